The summed E-state index contributed by atoms with van der Waals surface area (Å²) in [6, 6.07) is 4.85. The number of rotatable bonds is 4. The Hall–Kier alpha value is -1.62. The summed E-state index contributed by atoms with van der Waals surface area (Å²) in [6.07, 6.45) is 1.55. The SMILES string of the molecule is CC(C)Oc1ccc(NC(=O)[C@H]2CCN[C@@H](C)C2)c(F)c1. The minimum absolute atomic E-state index is 0.0129. The number of hydrogen-bond acceptors (Lipinski definition) is 3. The third-order valence-corrected chi connectivity index (χ3v) is 3.56. The molecule has 2 rings (SSSR count). The van der Waals surface area contributed by atoms with Gasteiger partial charge in [0.1, 0.15) is 11.6 Å². The fourth-order valence-corrected chi connectivity index (χ4v) is 2.55. The molecule has 0 aliphatic carbocycles. The molecule has 2 N–H and O–H groups in total. The van der Waals surface area contributed by atoms with Crippen LogP contribution in [0, 0.1) is 11.7 Å². The molecule has 116 valence electrons. The molecule has 1 amide bonds. The maximum absolute atomic E-state index is 14.0. The van der Waals surface area contributed by atoms with Crippen LogP contribution in [0.15, 0.2) is 18.2 Å². The molecule has 21 heavy (non-hydrogen) atoms. The van der Waals surface area contributed by atoms with E-state index in [1.807, 2.05) is 13.8 Å². The maximum atomic E-state index is 14.0. The van der Waals surface area contributed by atoms with Gasteiger partial charge in [-0.1, -0.05) is 0 Å². The second kappa shape index (κ2) is 6.89. The molecule has 5 heteroatoms. The lowest BCUT2D eigenvalue weighted by Crippen LogP contribution is -2.40. The Morgan fingerprint density at radius 1 is 1.48 bits per heavy atom. The molecule has 0 radical (unpaired) electrons. The summed E-state index contributed by atoms with van der Waals surface area (Å²) in [6.45, 7) is 6.64. The van der Waals surface area contributed by atoms with E-state index in [0.29, 0.717) is 11.8 Å². The topological polar surface area (TPSA) is 50.4 Å². The Balaban J connectivity index is 2.00. The molecule has 0 unspecified atom stereocenters. The van der Waals surface area contributed by atoms with E-state index < -0.39 is 5.82 Å². The van der Waals surface area contributed by atoms with Crippen molar-refractivity contribution in [1.29, 1.82) is 0 Å². The third kappa shape index (κ3) is 4.43. The standard InChI is InChI=1S/C16H23FN2O2/c1-10(2)21-13-4-5-15(14(17)9-13)19-16(20)12-6-7-18-11(3)8-12/h4-5,9-12,18H,6-8H2,1-3H3,(H,19,20)/t11-,12-/m0/s1. The van der Waals surface area contributed by atoms with Gasteiger partial charge in [-0.2, -0.15) is 0 Å². The van der Waals surface area contributed by atoms with Crippen LogP contribution in [0.1, 0.15) is 33.6 Å². The van der Waals surface area contributed by atoms with Crippen LogP contribution in [0.4, 0.5) is 10.1 Å². The predicted molar refractivity (Wildman–Crippen MR) is 81.0 cm³/mol. The average Bonchev–Trinajstić information content (AvgIpc) is 2.41. The first-order valence-electron chi connectivity index (χ1n) is 7.46. The number of halogens is 1. The second-order valence-electron chi connectivity index (χ2n) is 5.87. The molecule has 1 aliphatic rings. The van der Waals surface area contributed by atoms with Crippen LogP contribution in [0.25, 0.3) is 0 Å². The molecule has 0 aromatic heterocycles. The summed E-state index contributed by atoms with van der Waals surface area (Å²) in [5.74, 6) is -0.175. The fourth-order valence-electron chi connectivity index (χ4n) is 2.55. The molecule has 1 aliphatic heterocycles. The first-order valence-corrected chi connectivity index (χ1v) is 7.46. The Kier molecular flexibility index (Phi) is 5.17. The number of benzene rings is 1. The summed E-state index contributed by atoms with van der Waals surface area (Å²) in [7, 11) is 0. The zero-order valence-corrected chi connectivity index (χ0v) is 12.8. The van der Waals surface area contributed by atoms with Gasteiger partial charge in [-0.05, 0) is 52.3 Å². The lowest BCUT2D eigenvalue weighted by Gasteiger charge is -2.27. The second-order valence-corrected chi connectivity index (χ2v) is 5.87. The highest BCUT2D eigenvalue weighted by Gasteiger charge is 2.25. The van der Waals surface area contributed by atoms with Crippen LogP contribution in [0.2, 0.25) is 0 Å². The number of amides is 1. The number of hydrogen-bond donors (Lipinski definition) is 2. The van der Waals surface area contributed by atoms with Crippen molar-refractivity contribution in [2.75, 3.05) is 11.9 Å². The predicted octanol–water partition coefficient (Wildman–Crippen LogP) is 2.94. The normalized spacial score (nSPS) is 22.1. The minimum atomic E-state index is -0.469. The molecule has 4 nitrogen and oxygen atoms in total. The Morgan fingerprint density at radius 3 is 2.86 bits per heavy atom. The number of nitrogens with one attached hydrogen (secondary N) is 2. The van der Waals surface area contributed by atoms with Crippen LogP contribution < -0.4 is 15.4 Å². The highest BCUT2D eigenvalue weighted by molar-refractivity contribution is 5.92. The van der Waals surface area contributed by atoms with E-state index in [1.165, 1.54) is 6.07 Å². The number of piperidine rings is 1. The van der Waals surface area contributed by atoms with Crippen LogP contribution in [-0.2, 0) is 4.79 Å². The summed E-state index contributed by atoms with van der Waals surface area (Å²) in [5.41, 5.74) is 0.210. The number of ether oxygens (including phenoxy) is 1. The van der Waals surface area contributed by atoms with Gasteiger partial charge >= 0.3 is 0 Å². The van der Waals surface area contributed by atoms with Crippen molar-refractivity contribution < 1.29 is 13.9 Å². The van der Waals surface area contributed by atoms with Gasteiger partial charge in [0.2, 0.25) is 5.91 Å². The lowest BCUT2D eigenvalue weighted by molar-refractivity contribution is -0.120. The van der Waals surface area contributed by atoms with Gasteiger partial charge in [0.05, 0.1) is 11.8 Å². The largest absolute Gasteiger partial charge is 0.491 e. The van der Waals surface area contributed by atoms with E-state index in [2.05, 4.69) is 17.6 Å². The molecule has 1 heterocycles. The van der Waals surface area contributed by atoms with Crippen molar-refractivity contribution in [3.05, 3.63) is 24.0 Å². The molecule has 0 bridgehead atoms. The molecule has 0 spiro atoms. The van der Waals surface area contributed by atoms with Gasteiger partial charge in [0, 0.05) is 18.0 Å². The number of carbonyl (C=O) groups excluding carboxylic acids is 1. The zero-order chi connectivity index (χ0) is 15.4. The summed E-state index contributed by atoms with van der Waals surface area (Å²) < 4.78 is 19.4. The van der Waals surface area contributed by atoms with Gasteiger partial charge in [-0.3, -0.25) is 4.79 Å². The Morgan fingerprint density at radius 2 is 2.24 bits per heavy atom. The van der Waals surface area contributed by atoms with Gasteiger partial charge in [0.15, 0.2) is 0 Å². The zero-order valence-electron chi connectivity index (χ0n) is 12.8. The van der Waals surface area contributed by atoms with E-state index in [9.17, 15) is 9.18 Å². The highest BCUT2D eigenvalue weighted by Crippen LogP contribution is 2.24. The number of anilines is 1. The summed E-state index contributed by atoms with van der Waals surface area (Å²) in [5, 5.41) is 5.98. The van der Waals surface area contributed by atoms with Gasteiger partial charge in [0.25, 0.3) is 0 Å². The highest BCUT2D eigenvalue weighted by atomic mass is 19.1. The van der Waals surface area contributed by atoms with Crippen LogP contribution in [-0.4, -0.2) is 24.6 Å². The number of carbonyl (C=O) groups is 1. The summed E-state index contributed by atoms with van der Waals surface area (Å²) in [4.78, 5) is 12.2. The van der Waals surface area contributed by atoms with Gasteiger partial charge in [-0.15, -0.1) is 0 Å². The monoisotopic (exact) mass is 294 g/mol. The van der Waals surface area contributed by atoms with E-state index in [1.54, 1.807) is 12.1 Å². The van der Waals surface area contributed by atoms with Gasteiger partial charge in [-0.25, -0.2) is 4.39 Å². The third-order valence-electron chi connectivity index (χ3n) is 3.56. The quantitative estimate of drug-likeness (QED) is 0.897. The van der Waals surface area contributed by atoms with Crippen molar-refractivity contribution in [2.24, 2.45) is 5.92 Å². The van der Waals surface area contributed by atoms with Crippen molar-refractivity contribution in [3.8, 4) is 5.75 Å². The molecule has 1 fully saturated rings. The first kappa shape index (κ1) is 15.8. The molecule has 1 aromatic carbocycles. The smallest absolute Gasteiger partial charge is 0.227 e. The Bertz CT molecular complexity index is 505. The van der Waals surface area contributed by atoms with Crippen molar-refractivity contribution in [3.63, 3.8) is 0 Å². The van der Waals surface area contributed by atoms with Crippen LogP contribution in [0.3, 0.4) is 0 Å². The minimum Gasteiger partial charge on any atom is -0.491 e. The van der Waals surface area contributed by atoms with Crippen LogP contribution >= 0.6 is 0 Å². The molecular formula is C16H23FN2O2. The first-order chi connectivity index (χ1) is 9.95. The Labute approximate surface area is 125 Å². The molecular weight excluding hydrogens is 271 g/mol. The van der Waals surface area contributed by atoms with Gasteiger partial charge < -0.3 is 15.4 Å². The molecule has 0 saturated carbocycles. The van der Waals surface area contributed by atoms with Crippen molar-refractivity contribution in [2.45, 2.75) is 45.8 Å². The van der Waals surface area contributed by atoms with E-state index >= 15 is 0 Å². The summed E-state index contributed by atoms with van der Waals surface area (Å²) >= 11 is 0. The lowest BCUT2D eigenvalue weighted by atomic mass is 9.92. The van der Waals surface area contributed by atoms with Crippen molar-refractivity contribution >= 4 is 11.6 Å². The van der Waals surface area contributed by atoms with E-state index in [-0.39, 0.29) is 23.6 Å². The fraction of sp³-hybridized carbons (Fsp3) is 0.562. The molecule has 1 saturated heterocycles. The van der Waals surface area contributed by atoms with E-state index in [4.69, 9.17) is 4.74 Å². The maximum Gasteiger partial charge on any atom is 0.227 e. The average molecular weight is 294 g/mol. The van der Waals surface area contributed by atoms with Crippen LogP contribution in [0.5, 0.6) is 5.75 Å². The molecule has 2 atom stereocenters. The molecule has 1 aromatic rings. The van der Waals surface area contributed by atoms with Crippen molar-refractivity contribution in [1.82, 2.24) is 5.32 Å². The van der Waals surface area contributed by atoms with E-state index in [0.717, 1.165) is 19.4 Å².